The lowest BCUT2D eigenvalue weighted by Gasteiger charge is -2.32. The number of methoxy groups -OCH3 is 1. The van der Waals surface area contributed by atoms with Crippen LogP contribution in [0.15, 0.2) is 22.7 Å². The predicted octanol–water partition coefficient (Wildman–Crippen LogP) is 3.05. The Labute approximate surface area is 115 Å². The molecule has 0 saturated heterocycles. The minimum atomic E-state index is -0.870. The molecule has 1 N–H and O–H groups in total. The molecule has 1 atom stereocenters. The Hall–Kier alpha value is -0.940. The Balaban J connectivity index is 3.25. The van der Waals surface area contributed by atoms with Crippen molar-refractivity contribution < 1.29 is 13.9 Å². The Morgan fingerprint density at radius 3 is 2.61 bits per heavy atom. The highest BCUT2D eigenvalue weighted by molar-refractivity contribution is 9.10. The van der Waals surface area contributed by atoms with E-state index in [0.29, 0.717) is 5.56 Å². The highest BCUT2D eigenvalue weighted by atomic mass is 79.9. The molecule has 0 aliphatic rings. The fraction of sp³-hybridized carbons (Fsp3) is 0.462. The molecule has 0 heterocycles. The molecule has 0 bridgehead atoms. The second kappa shape index (κ2) is 5.80. The fourth-order valence-corrected chi connectivity index (χ4v) is 2.40. The number of hydrogen-bond acceptors (Lipinski definition) is 3. The monoisotopic (exact) mass is 317 g/mol. The molecule has 0 aromatic heterocycles. The summed E-state index contributed by atoms with van der Waals surface area (Å²) >= 11 is 3.30. The Morgan fingerprint density at radius 1 is 1.50 bits per heavy atom. The van der Waals surface area contributed by atoms with Gasteiger partial charge in [-0.25, -0.2) is 4.39 Å². The standard InChI is InChI=1S/C13H17BrFNO2/c1-13(2,12(17)18-4)11(16-3)9-7-8(14)5-6-10(9)15/h5-7,11,16H,1-4H3. The Bertz CT molecular complexity index is 449. The van der Waals surface area contributed by atoms with E-state index in [1.54, 1.807) is 33.0 Å². The van der Waals surface area contributed by atoms with Gasteiger partial charge < -0.3 is 10.1 Å². The van der Waals surface area contributed by atoms with Crippen molar-refractivity contribution in [2.75, 3.05) is 14.2 Å². The van der Waals surface area contributed by atoms with E-state index in [0.717, 1.165) is 4.47 Å². The molecule has 0 radical (unpaired) electrons. The minimum absolute atomic E-state index is 0.352. The van der Waals surface area contributed by atoms with Crippen LogP contribution in [0.4, 0.5) is 4.39 Å². The number of hydrogen-bond donors (Lipinski definition) is 1. The molecule has 0 saturated carbocycles. The summed E-state index contributed by atoms with van der Waals surface area (Å²) < 4.78 is 19.4. The van der Waals surface area contributed by atoms with E-state index in [9.17, 15) is 9.18 Å². The van der Waals surface area contributed by atoms with Crippen molar-refractivity contribution >= 4 is 21.9 Å². The van der Waals surface area contributed by atoms with Crippen molar-refractivity contribution in [3.8, 4) is 0 Å². The summed E-state index contributed by atoms with van der Waals surface area (Å²) in [6.45, 7) is 3.45. The van der Waals surface area contributed by atoms with Gasteiger partial charge in [-0.15, -0.1) is 0 Å². The molecule has 1 aromatic carbocycles. The summed E-state index contributed by atoms with van der Waals surface area (Å²) in [6, 6.07) is 4.19. The number of halogens is 2. The molecule has 3 nitrogen and oxygen atoms in total. The second-order valence-corrected chi connectivity index (χ2v) is 5.52. The smallest absolute Gasteiger partial charge is 0.313 e. The third kappa shape index (κ3) is 2.90. The summed E-state index contributed by atoms with van der Waals surface area (Å²) in [5.41, 5.74) is -0.437. The zero-order chi connectivity index (χ0) is 13.9. The van der Waals surface area contributed by atoms with Crippen molar-refractivity contribution in [1.82, 2.24) is 5.32 Å². The van der Waals surface area contributed by atoms with Crippen molar-refractivity contribution in [2.45, 2.75) is 19.9 Å². The third-order valence-electron chi connectivity index (χ3n) is 2.99. The molecular weight excluding hydrogens is 301 g/mol. The summed E-state index contributed by atoms with van der Waals surface area (Å²) in [5, 5.41) is 2.98. The van der Waals surface area contributed by atoms with E-state index in [1.165, 1.54) is 13.2 Å². The van der Waals surface area contributed by atoms with Gasteiger partial charge in [0.25, 0.3) is 0 Å². The highest BCUT2D eigenvalue weighted by Crippen LogP contribution is 2.36. The van der Waals surface area contributed by atoms with E-state index < -0.39 is 11.5 Å². The van der Waals surface area contributed by atoms with E-state index in [4.69, 9.17) is 4.74 Å². The molecular formula is C13H17BrFNO2. The van der Waals surface area contributed by atoms with E-state index in [-0.39, 0.29) is 11.8 Å². The van der Waals surface area contributed by atoms with E-state index >= 15 is 0 Å². The predicted molar refractivity (Wildman–Crippen MR) is 71.7 cm³/mol. The second-order valence-electron chi connectivity index (χ2n) is 4.60. The van der Waals surface area contributed by atoms with Crippen LogP contribution in [-0.4, -0.2) is 20.1 Å². The molecule has 0 fully saturated rings. The van der Waals surface area contributed by atoms with Crippen LogP contribution < -0.4 is 5.32 Å². The lowest BCUT2D eigenvalue weighted by Crippen LogP contribution is -2.39. The van der Waals surface area contributed by atoms with Gasteiger partial charge in [-0.3, -0.25) is 4.79 Å². The minimum Gasteiger partial charge on any atom is -0.469 e. The van der Waals surface area contributed by atoms with Gasteiger partial charge in [0, 0.05) is 10.0 Å². The first-order valence-electron chi connectivity index (χ1n) is 5.55. The maximum Gasteiger partial charge on any atom is 0.313 e. The number of carbonyl (C=O) groups excluding carboxylic acids is 1. The van der Waals surface area contributed by atoms with Gasteiger partial charge in [-0.2, -0.15) is 0 Å². The first kappa shape index (κ1) is 15.1. The quantitative estimate of drug-likeness (QED) is 0.867. The van der Waals surface area contributed by atoms with Gasteiger partial charge >= 0.3 is 5.97 Å². The van der Waals surface area contributed by atoms with Crippen LogP contribution in [0.2, 0.25) is 0 Å². The molecule has 1 aromatic rings. The maximum absolute atomic E-state index is 13.9. The average molecular weight is 318 g/mol. The van der Waals surface area contributed by atoms with Crippen molar-refractivity contribution in [3.63, 3.8) is 0 Å². The summed E-state index contributed by atoms with van der Waals surface area (Å²) in [6.07, 6.45) is 0. The molecule has 1 unspecified atom stereocenters. The van der Waals surface area contributed by atoms with Gasteiger partial charge in [-0.1, -0.05) is 15.9 Å². The zero-order valence-electron chi connectivity index (χ0n) is 10.9. The van der Waals surface area contributed by atoms with Crippen LogP contribution in [0.5, 0.6) is 0 Å². The summed E-state index contributed by atoms with van der Waals surface area (Å²) in [7, 11) is 3.02. The first-order chi connectivity index (χ1) is 8.34. The van der Waals surface area contributed by atoms with Gasteiger partial charge in [0.05, 0.1) is 18.6 Å². The lowest BCUT2D eigenvalue weighted by molar-refractivity contribution is -0.152. The van der Waals surface area contributed by atoms with Crippen molar-refractivity contribution in [3.05, 3.63) is 34.1 Å². The summed E-state index contributed by atoms with van der Waals surface area (Å²) in [4.78, 5) is 11.8. The van der Waals surface area contributed by atoms with Crippen LogP contribution >= 0.6 is 15.9 Å². The number of benzene rings is 1. The number of carbonyl (C=O) groups is 1. The topological polar surface area (TPSA) is 38.3 Å². The zero-order valence-corrected chi connectivity index (χ0v) is 12.5. The normalized spacial score (nSPS) is 13.2. The third-order valence-corrected chi connectivity index (χ3v) is 3.48. The number of nitrogens with one attached hydrogen (secondary N) is 1. The molecule has 5 heteroatoms. The molecule has 0 spiro atoms. The van der Waals surface area contributed by atoms with Gasteiger partial charge in [0.1, 0.15) is 5.82 Å². The average Bonchev–Trinajstić information content (AvgIpc) is 2.33. The lowest BCUT2D eigenvalue weighted by atomic mass is 9.80. The van der Waals surface area contributed by atoms with Gasteiger partial charge in [0.15, 0.2) is 0 Å². The van der Waals surface area contributed by atoms with Crippen LogP contribution in [0.3, 0.4) is 0 Å². The SMILES string of the molecule is CNC(c1cc(Br)ccc1F)C(C)(C)C(=O)OC. The highest BCUT2D eigenvalue weighted by Gasteiger charge is 2.39. The molecule has 0 aliphatic heterocycles. The largest absolute Gasteiger partial charge is 0.469 e. The summed E-state index contributed by atoms with van der Waals surface area (Å²) in [5.74, 6) is -0.740. The maximum atomic E-state index is 13.9. The fourth-order valence-electron chi connectivity index (χ4n) is 2.02. The van der Waals surface area contributed by atoms with Crippen LogP contribution in [-0.2, 0) is 9.53 Å². The molecule has 100 valence electrons. The number of esters is 1. The Morgan fingerprint density at radius 2 is 2.11 bits per heavy atom. The number of rotatable bonds is 4. The van der Waals surface area contributed by atoms with Gasteiger partial charge in [-0.05, 0) is 39.1 Å². The first-order valence-corrected chi connectivity index (χ1v) is 6.34. The Kier molecular flexibility index (Phi) is 4.87. The van der Waals surface area contributed by atoms with Crippen LogP contribution in [0, 0.1) is 11.2 Å². The molecule has 0 amide bonds. The van der Waals surface area contributed by atoms with Gasteiger partial charge in [0.2, 0.25) is 0 Å². The number of ether oxygens (including phenoxy) is 1. The molecule has 18 heavy (non-hydrogen) atoms. The molecule has 0 aliphatic carbocycles. The van der Waals surface area contributed by atoms with Crippen molar-refractivity contribution in [1.29, 1.82) is 0 Å². The van der Waals surface area contributed by atoms with Crippen molar-refractivity contribution in [2.24, 2.45) is 5.41 Å². The van der Waals surface area contributed by atoms with E-state index in [2.05, 4.69) is 21.2 Å². The van der Waals surface area contributed by atoms with Crippen LogP contribution in [0.25, 0.3) is 0 Å². The van der Waals surface area contributed by atoms with E-state index in [1.807, 2.05) is 0 Å². The van der Waals surface area contributed by atoms with Crippen LogP contribution in [0.1, 0.15) is 25.5 Å². The molecule has 1 rings (SSSR count).